The second kappa shape index (κ2) is 10.9. The van der Waals surface area contributed by atoms with Gasteiger partial charge in [-0.05, 0) is 75.2 Å². The molecule has 0 spiro atoms. The molecule has 190 valence electrons. The van der Waals surface area contributed by atoms with Gasteiger partial charge in [0.25, 0.3) is 5.56 Å². The van der Waals surface area contributed by atoms with Crippen molar-refractivity contribution < 1.29 is 4.74 Å². The predicted molar refractivity (Wildman–Crippen MR) is 153 cm³/mol. The van der Waals surface area contributed by atoms with E-state index in [9.17, 15) is 4.79 Å². The van der Waals surface area contributed by atoms with E-state index in [0.29, 0.717) is 12.0 Å². The molecule has 2 aromatic heterocycles. The fraction of sp³-hybridized carbons (Fsp3) is 0.300. The summed E-state index contributed by atoms with van der Waals surface area (Å²) in [6, 6.07) is 15.8. The molecule has 1 aliphatic carbocycles. The van der Waals surface area contributed by atoms with Crippen molar-refractivity contribution in [3.63, 3.8) is 0 Å². The molecular weight excluding hydrogens is 528 g/mol. The minimum atomic E-state index is -0.132. The Bertz CT molecular complexity index is 1530. The highest BCUT2D eigenvalue weighted by atomic mass is 79.9. The molecule has 0 aliphatic heterocycles. The van der Waals surface area contributed by atoms with E-state index in [1.165, 1.54) is 11.1 Å². The molecule has 1 aliphatic rings. The maximum absolute atomic E-state index is 13.6. The zero-order valence-corrected chi connectivity index (χ0v) is 22.9. The molecule has 0 saturated heterocycles. The maximum atomic E-state index is 13.6. The molecule has 2 aromatic carbocycles. The predicted octanol–water partition coefficient (Wildman–Crippen LogP) is 7.06. The van der Waals surface area contributed by atoms with Gasteiger partial charge in [-0.3, -0.25) is 4.79 Å². The number of halogens is 1. The van der Waals surface area contributed by atoms with Crippen molar-refractivity contribution in [3.8, 4) is 11.4 Å². The molecule has 0 atom stereocenters. The Labute approximate surface area is 225 Å². The van der Waals surface area contributed by atoms with Crippen LogP contribution < -0.4 is 10.3 Å². The quantitative estimate of drug-likeness (QED) is 0.180. The SMILES string of the molecule is C=CCOc1ccc(-n2c(C)cc(C=Nn3c(C4CCCCC4)nc4ccc(Br)cc4c3=O)c2C)cc1. The Hall–Kier alpha value is -3.45. The number of fused-ring (bicyclic) bond motifs is 1. The van der Waals surface area contributed by atoms with Crippen LogP contribution in [0.1, 0.15) is 60.8 Å². The van der Waals surface area contributed by atoms with E-state index in [1.54, 1.807) is 12.3 Å². The molecule has 1 fully saturated rings. The van der Waals surface area contributed by atoms with Gasteiger partial charge in [0.2, 0.25) is 0 Å². The summed E-state index contributed by atoms with van der Waals surface area (Å²) in [5.41, 5.74) is 4.72. The van der Waals surface area contributed by atoms with E-state index in [2.05, 4.69) is 47.0 Å². The normalized spacial score (nSPS) is 14.5. The number of nitrogens with zero attached hydrogens (tertiary/aromatic N) is 4. The van der Waals surface area contributed by atoms with Gasteiger partial charge in [0, 0.05) is 33.0 Å². The first kappa shape index (κ1) is 25.2. The Morgan fingerprint density at radius 2 is 1.86 bits per heavy atom. The molecule has 1 saturated carbocycles. The standard InChI is InChI=1S/C30H31BrN4O2/c1-4-16-37-26-13-11-25(12-14-26)34-20(2)17-23(21(34)3)19-32-35-29(22-8-6-5-7-9-22)33-28-15-10-24(31)18-27(28)30(35)36/h4,10-15,17-19,22H,1,5-9,16H2,2-3H3. The molecule has 0 bridgehead atoms. The first-order chi connectivity index (χ1) is 18.0. The number of rotatable bonds is 7. The van der Waals surface area contributed by atoms with Gasteiger partial charge in [-0.2, -0.15) is 9.78 Å². The van der Waals surface area contributed by atoms with Gasteiger partial charge in [-0.25, -0.2) is 4.98 Å². The van der Waals surface area contributed by atoms with Crippen LogP contribution in [0.4, 0.5) is 0 Å². The van der Waals surface area contributed by atoms with Gasteiger partial charge < -0.3 is 9.30 Å². The van der Waals surface area contributed by atoms with Crippen molar-refractivity contribution in [1.29, 1.82) is 0 Å². The molecular formula is C30H31BrN4O2. The molecule has 37 heavy (non-hydrogen) atoms. The number of aryl methyl sites for hydroxylation is 1. The van der Waals surface area contributed by atoms with E-state index in [0.717, 1.165) is 69.9 Å². The Morgan fingerprint density at radius 1 is 1.11 bits per heavy atom. The molecule has 0 radical (unpaired) electrons. The Kier molecular flexibility index (Phi) is 7.42. The van der Waals surface area contributed by atoms with Gasteiger partial charge in [-0.1, -0.05) is 47.8 Å². The van der Waals surface area contributed by atoms with Crippen LogP contribution in [0.2, 0.25) is 0 Å². The summed E-state index contributed by atoms with van der Waals surface area (Å²) in [6.07, 6.45) is 9.13. The van der Waals surface area contributed by atoms with Crippen LogP contribution in [-0.4, -0.2) is 27.0 Å². The van der Waals surface area contributed by atoms with E-state index in [-0.39, 0.29) is 11.5 Å². The summed E-state index contributed by atoms with van der Waals surface area (Å²) in [6.45, 7) is 8.31. The molecule has 7 heteroatoms. The van der Waals surface area contributed by atoms with Gasteiger partial charge in [0.15, 0.2) is 0 Å². The molecule has 4 aromatic rings. The molecule has 0 N–H and O–H groups in total. The topological polar surface area (TPSA) is 61.4 Å². The summed E-state index contributed by atoms with van der Waals surface area (Å²) in [7, 11) is 0. The van der Waals surface area contributed by atoms with Crippen molar-refractivity contribution in [2.75, 3.05) is 6.61 Å². The summed E-state index contributed by atoms with van der Waals surface area (Å²) < 4.78 is 10.2. The first-order valence-corrected chi connectivity index (χ1v) is 13.5. The third kappa shape index (κ3) is 5.18. The lowest BCUT2D eigenvalue weighted by molar-refractivity contribution is 0.363. The average molecular weight is 560 g/mol. The van der Waals surface area contributed by atoms with Crippen molar-refractivity contribution in [1.82, 2.24) is 14.2 Å². The molecule has 0 amide bonds. The van der Waals surface area contributed by atoms with Crippen LogP contribution in [-0.2, 0) is 0 Å². The van der Waals surface area contributed by atoms with E-state index >= 15 is 0 Å². The lowest BCUT2D eigenvalue weighted by Crippen LogP contribution is -2.25. The smallest absolute Gasteiger partial charge is 0.282 e. The summed E-state index contributed by atoms with van der Waals surface area (Å²) >= 11 is 3.49. The maximum Gasteiger partial charge on any atom is 0.282 e. The summed E-state index contributed by atoms with van der Waals surface area (Å²) in [5.74, 6) is 1.80. The number of ether oxygens (including phenoxy) is 1. The molecule has 6 nitrogen and oxygen atoms in total. The van der Waals surface area contributed by atoms with E-state index in [4.69, 9.17) is 14.8 Å². The van der Waals surface area contributed by atoms with Crippen LogP contribution in [0, 0.1) is 13.8 Å². The number of hydrogen-bond donors (Lipinski definition) is 0. The van der Waals surface area contributed by atoms with Crippen LogP contribution in [0.3, 0.4) is 0 Å². The van der Waals surface area contributed by atoms with E-state index < -0.39 is 0 Å². The third-order valence-corrected chi connectivity index (χ3v) is 7.54. The van der Waals surface area contributed by atoms with Crippen molar-refractivity contribution in [2.45, 2.75) is 51.9 Å². The van der Waals surface area contributed by atoms with Crippen LogP contribution in [0.5, 0.6) is 5.75 Å². The number of aromatic nitrogens is 3. The summed E-state index contributed by atoms with van der Waals surface area (Å²) in [5, 5.41) is 5.31. The minimum absolute atomic E-state index is 0.132. The fourth-order valence-electron chi connectivity index (χ4n) is 5.18. The monoisotopic (exact) mass is 558 g/mol. The lowest BCUT2D eigenvalue weighted by Gasteiger charge is -2.22. The number of benzene rings is 2. The highest BCUT2D eigenvalue weighted by Crippen LogP contribution is 2.32. The Morgan fingerprint density at radius 3 is 2.59 bits per heavy atom. The zero-order chi connectivity index (χ0) is 25.9. The van der Waals surface area contributed by atoms with Gasteiger partial charge in [0.1, 0.15) is 18.2 Å². The van der Waals surface area contributed by atoms with Gasteiger partial charge >= 0.3 is 0 Å². The van der Waals surface area contributed by atoms with Crippen molar-refractivity contribution in [2.24, 2.45) is 5.10 Å². The lowest BCUT2D eigenvalue weighted by atomic mass is 9.88. The van der Waals surface area contributed by atoms with Crippen LogP contribution >= 0.6 is 15.9 Å². The van der Waals surface area contributed by atoms with Crippen LogP contribution in [0.25, 0.3) is 16.6 Å². The van der Waals surface area contributed by atoms with Gasteiger partial charge in [0.05, 0.1) is 17.1 Å². The molecule has 0 unspecified atom stereocenters. The zero-order valence-electron chi connectivity index (χ0n) is 21.3. The highest BCUT2D eigenvalue weighted by molar-refractivity contribution is 9.10. The minimum Gasteiger partial charge on any atom is -0.490 e. The van der Waals surface area contributed by atoms with Crippen molar-refractivity contribution in [3.05, 3.63) is 98.8 Å². The third-order valence-electron chi connectivity index (χ3n) is 7.05. The molecule has 2 heterocycles. The second-order valence-electron chi connectivity index (χ2n) is 9.58. The molecule has 5 rings (SSSR count). The second-order valence-corrected chi connectivity index (χ2v) is 10.5. The number of hydrogen-bond acceptors (Lipinski definition) is 4. The fourth-order valence-corrected chi connectivity index (χ4v) is 5.55. The summed E-state index contributed by atoms with van der Waals surface area (Å²) in [4.78, 5) is 18.6. The van der Waals surface area contributed by atoms with Gasteiger partial charge in [-0.15, -0.1) is 0 Å². The largest absolute Gasteiger partial charge is 0.490 e. The highest BCUT2D eigenvalue weighted by Gasteiger charge is 2.22. The van der Waals surface area contributed by atoms with Crippen LogP contribution in [0.15, 0.2) is 75.6 Å². The van der Waals surface area contributed by atoms with E-state index in [1.807, 2.05) is 42.5 Å². The Balaban J connectivity index is 1.54. The van der Waals surface area contributed by atoms with Crippen molar-refractivity contribution >= 4 is 33.0 Å². The average Bonchev–Trinajstić information content (AvgIpc) is 3.20. The first-order valence-electron chi connectivity index (χ1n) is 12.8.